The van der Waals surface area contributed by atoms with Crippen LogP contribution < -0.4 is 0 Å². The zero-order chi connectivity index (χ0) is 15.1. The van der Waals surface area contributed by atoms with Crippen LogP contribution >= 0.6 is 0 Å². The van der Waals surface area contributed by atoms with Gasteiger partial charge in [0.15, 0.2) is 0 Å². The monoisotopic (exact) mass is 274 g/mol. The molecule has 1 heterocycles. The number of aromatic nitrogens is 2. The van der Waals surface area contributed by atoms with E-state index in [1.165, 1.54) is 0 Å². The van der Waals surface area contributed by atoms with Gasteiger partial charge in [-0.3, -0.25) is 0 Å². The summed E-state index contributed by atoms with van der Waals surface area (Å²) in [5.74, 6) is 0.0910. The molecule has 4 nitrogen and oxygen atoms in total. The Morgan fingerprint density at radius 3 is 2.55 bits per heavy atom. The first-order valence-corrected chi connectivity index (χ1v) is 7.00. The normalized spacial score (nSPS) is 13.7. The van der Waals surface area contributed by atoms with Crippen molar-refractivity contribution in [3.8, 4) is 0 Å². The van der Waals surface area contributed by atoms with Gasteiger partial charge < -0.3 is 9.67 Å². The largest absolute Gasteiger partial charge is 0.478 e. The number of aromatic carboxylic acids is 1. The van der Waals surface area contributed by atoms with E-state index in [0.717, 1.165) is 23.3 Å². The van der Waals surface area contributed by atoms with E-state index in [1.807, 2.05) is 6.07 Å². The maximum atomic E-state index is 11.1. The maximum Gasteiger partial charge on any atom is 0.335 e. The number of carboxylic acid groups (broad SMARTS) is 1. The number of hydrogen-bond donors (Lipinski definition) is 1. The van der Waals surface area contributed by atoms with Crippen LogP contribution in [0.2, 0.25) is 0 Å². The van der Waals surface area contributed by atoms with Crippen molar-refractivity contribution < 1.29 is 9.90 Å². The van der Waals surface area contributed by atoms with E-state index >= 15 is 0 Å². The number of carboxylic acids is 1. The molecule has 0 radical (unpaired) electrons. The summed E-state index contributed by atoms with van der Waals surface area (Å²) < 4.78 is 2.24. The minimum Gasteiger partial charge on any atom is -0.478 e. The highest BCUT2D eigenvalue weighted by Crippen LogP contribution is 2.34. The fraction of sp³-hybridized carbons (Fsp3) is 0.500. The van der Waals surface area contributed by atoms with Crippen molar-refractivity contribution in [3.05, 3.63) is 29.6 Å². The van der Waals surface area contributed by atoms with Gasteiger partial charge in [0, 0.05) is 12.5 Å². The molecule has 1 atom stereocenters. The Hall–Kier alpha value is -1.84. The van der Waals surface area contributed by atoms with E-state index in [4.69, 9.17) is 5.11 Å². The van der Waals surface area contributed by atoms with Crippen LogP contribution in [0.4, 0.5) is 0 Å². The van der Waals surface area contributed by atoms with Crippen molar-refractivity contribution in [2.75, 3.05) is 0 Å². The summed E-state index contributed by atoms with van der Waals surface area (Å²) in [6, 6.07) is 5.46. The minimum absolute atomic E-state index is 0.114. The van der Waals surface area contributed by atoms with Gasteiger partial charge in [0.2, 0.25) is 0 Å². The van der Waals surface area contributed by atoms with Gasteiger partial charge >= 0.3 is 5.97 Å². The number of fused-ring (bicyclic) bond motifs is 1. The third kappa shape index (κ3) is 2.42. The Labute approximate surface area is 119 Å². The Kier molecular flexibility index (Phi) is 3.59. The number of hydrogen-bond acceptors (Lipinski definition) is 2. The predicted octanol–water partition coefficient (Wildman–Crippen LogP) is 3.90. The van der Waals surface area contributed by atoms with Crippen molar-refractivity contribution in [2.45, 2.75) is 47.1 Å². The van der Waals surface area contributed by atoms with E-state index in [0.29, 0.717) is 0 Å². The second-order valence-electron chi connectivity index (χ2n) is 6.30. The molecule has 1 unspecified atom stereocenters. The molecule has 0 aliphatic heterocycles. The molecule has 0 saturated carbocycles. The number of benzene rings is 1. The first kappa shape index (κ1) is 14.6. The van der Waals surface area contributed by atoms with E-state index in [-0.39, 0.29) is 17.0 Å². The first-order chi connectivity index (χ1) is 9.25. The highest BCUT2D eigenvalue weighted by molar-refractivity contribution is 5.92. The topological polar surface area (TPSA) is 55.1 Å². The molecular formula is C16H22N2O2. The molecule has 0 bridgehead atoms. The average Bonchev–Trinajstić information content (AvgIpc) is 2.73. The molecule has 4 heteroatoms. The zero-order valence-electron chi connectivity index (χ0n) is 12.8. The standard InChI is InChI=1S/C16H22N2O2/c1-6-14-17-12-9-11(15(19)20)7-8-13(12)18(14)10(2)16(3,4)5/h7-10H,6H2,1-5H3,(H,19,20). The summed E-state index contributed by atoms with van der Waals surface area (Å²) in [6.45, 7) is 10.9. The zero-order valence-corrected chi connectivity index (χ0v) is 12.8. The number of rotatable bonds is 3. The highest BCUT2D eigenvalue weighted by Gasteiger charge is 2.25. The number of nitrogens with zero attached hydrogens (tertiary/aromatic N) is 2. The number of imidazole rings is 1. The van der Waals surface area contributed by atoms with Gasteiger partial charge in [-0.2, -0.15) is 0 Å². The smallest absolute Gasteiger partial charge is 0.335 e. The van der Waals surface area contributed by atoms with Crippen LogP contribution in [-0.2, 0) is 6.42 Å². The molecule has 1 aromatic heterocycles. The maximum absolute atomic E-state index is 11.1. The molecule has 1 aromatic carbocycles. The second-order valence-corrected chi connectivity index (χ2v) is 6.30. The Morgan fingerprint density at radius 1 is 1.40 bits per heavy atom. The Bertz CT molecular complexity index is 650. The molecule has 2 rings (SSSR count). The van der Waals surface area contributed by atoms with Crippen LogP contribution in [0.15, 0.2) is 18.2 Å². The molecule has 0 aliphatic rings. The van der Waals surface area contributed by atoms with E-state index in [9.17, 15) is 4.79 Å². The van der Waals surface area contributed by atoms with E-state index in [1.54, 1.807) is 12.1 Å². The summed E-state index contributed by atoms with van der Waals surface area (Å²) in [7, 11) is 0. The van der Waals surface area contributed by atoms with Crippen LogP contribution in [0.5, 0.6) is 0 Å². The van der Waals surface area contributed by atoms with Crippen LogP contribution in [0.3, 0.4) is 0 Å². The van der Waals surface area contributed by atoms with Crippen molar-refractivity contribution in [1.82, 2.24) is 9.55 Å². The van der Waals surface area contributed by atoms with Gasteiger partial charge in [-0.05, 0) is 30.5 Å². The van der Waals surface area contributed by atoms with Gasteiger partial charge in [-0.25, -0.2) is 9.78 Å². The third-order valence-electron chi connectivity index (χ3n) is 3.97. The third-order valence-corrected chi connectivity index (χ3v) is 3.97. The van der Waals surface area contributed by atoms with Crippen LogP contribution in [0, 0.1) is 5.41 Å². The molecule has 0 fully saturated rings. The molecule has 0 spiro atoms. The molecule has 0 aliphatic carbocycles. The van der Waals surface area contributed by atoms with Gasteiger partial charge in [0.1, 0.15) is 5.82 Å². The lowest BCUT2D eigenvalue weighted by Gasteiger charge is -2.30. The van der Waals surface area contributed by atoms with Crippen LogP contribution in [0.1, 0.15) is 56.8 Å². The molecule has 2 aromatic rings. The van der Waals surface area contributed by atoms with Gasteiger partial charge in [0.25, 0.3) is 0 Å². The lowest BCUT2D eigenvalue weighted by Crippen LogP contribution is -2.23. The SMILES string of the molecule is CCc1nc2cc(C(=O)O)ccc2n1C(C)C(C)(C)C. The summed E-state index contributed by atoms with van der Waals surface area (Å²) in [5, 5.41) is 9.08. The van der Waals surface area contributed by atoms with Crippen molar-refractivity contribution in [2.24, 2.45) is 5.41 Å². The van der Waals surface area contributed by atoms with Crippen molar-refractivity contribution in [1.29, 1.82) is 0 Å². The second kappa shape index (κ2) is 4.93. The molecular weight excluding hydrogens is 252 g/mol. The highest BCUT2D eigenvalue weighted by atomic mass is 16.4. The Balaban J connectivity index is 2.67. The molecule has 20 heavy (non-hydrogen) atoms. The molecule has 0 amide bonds. The quantitative estimate of drug-likeness (QED) is 0.923. The molecule has 0 saturated heterocycles. The fourth-order valence-electron chi connectivity index (χ4n) is 2.35. The Morgan fingerprint density at radius 2 is 2.05 bits per heavy atom. The average molecular weight is 274 g/mol. The van der Waals surface area contributed by atoms with Crippen molar-refractivity contribution >= 4 is 17.0 Å². The summed E-state index contributed by atoms with van der Waals surface area (Å²) in [5.41, 5.74) is 2.17. The summed E-state index contributed by atoms with van der Waals surface area (Å²) >= 11 is 0. The fourth-order valence-corrected chi connectivity index (χ4v) is 2.35. The number of aryl methyl sites for hydroxylation is 1. The van der Waals surface area contributed by atoms with Crippen LogP contribution in [-0.4, -0.2) is 20.6 Å². The minimum atomic E-state index is -0.914. The number of carbonyl (C=O) groups is 1. The molecule has 1 N–H and O–H groups in total. The molecule has 108 valence electrons. The van der Waals surface area contributed by atoms with Gasteiger partial charge in [-0.15, -0.1) is 0 Å². The van der Waals surface area contributed by atoms with Gasteiger partial charge in [0.05, 0.1) is 16.6 Å². The summed E-state index contributed by atoms with van der Waals surface area (Å²) in [6.07, 6.45) is 0.831. The van der Waals surface area contributed by atoms with Crippen LogP contribution in [0.25, 0.3) is 11.0 Å². The van der Waals surface area contributed by atoms with E-state index < -0.39 is 5.97 Å². The summed E-state index contributed by atoms with van der Waals surface area (Å²) in [4.78, 5) is 15.7. The lowest BCUT2D eigenvalue weighted by molar-refractivity contribution is 0.0697. The predicted molar refractivity (Wildman–Crippen MR) is 80.2 cm³/mol. The van der Waals surface area contributed by atoms with Gasteiger partial charge in [-0.1, -0.05) is 27.7 Å². The first-order valence-electron chi connectivity index (χ1n) is 7.00. The lowest BCUT2D eigenvalue weighted by atomic mass is 9.87. The van der Waals surface area contributed by atoms with E-state index in [2.05, 4.69) is 44.2 Å². The van der Waals surface area contributed by atoms with Crippen molar-refractivity contribution in [3.63, 3.8) is 0 Å².